The number of esters is 1. The van der Waals surface area contributed by atoms with Crippen LogP contribution in [0.1, 0.15) is 5.56 Å². The summed E-state index contributed by atoms with van der Waals surface area (Å²) in [4.78, 5) is 14.2. The Balaban J connectivity index is 2.80. The summed E-state index contributed by atoms with van der Waals surface area (Å²) in [6.07, 6.45) is -0.485. The number of nitrogens with zero attached hydrogens (tertiary/aromatic N) is 1. The number of pyridine rings is 1. The second-order valence-electron chi connectivity index (χ2n) is 2.85. The zero-order chi connectivity index (χ0) is 11.4. The van der Waals surface area contributed by atoms with Crippen LogP contribution in [0.4, 0.5) is 4.39 Å². The average molecular weight is 234 g/mol. The van der Waals surface area contributed by atoms with E-state index in [-0.39, 0.29) is 17.0 Å². The predicted octanol–water partition coefficient (Wildman–Crippen LogP) is 0.950. The zero-order valence-electron chi connectivity index (χ0n) is 7.91. The highest BCUT2D eigenvalue weighted by molar-refractivity contribution is 6.30. The Bertz CT molecular complexity index is 372. The van der Waals surface area contributed by atoms with Gasteiger partial charge < -0.3 is 9.84 Å². The van der Waals surface area contributed by atoms with Crippen molar-refractivity contribution in [1.29, 1.82) is 0 Å². The van der Waals surface area contributed by atoms with Crippen LogP contribution < -0.4 is 0 Å². The molecular weight excluding hydrogens is 225 g/mol. The number of aliphatic hydroxyl groups is 1. The fourth-order valence-electron chi connectivity index (χ4n) is 1.04. The van der Waals surface area contributed by atoms with E-state index in [9.17, 15) is 14.3 Å². The molecule has 0 saturated heterocycles. The molecule has 1 heterocycles. The highest BCUT2D eigenvalue weighted by atomic mass is 35.5. The first-order valence-electron chi connectivity index (χ1n) is 4.10. The number of halogens is 2. The second-order valence-corrected chi connectivity index (χ2v) is 3.28. The Kier molecular flexibility index (Phi) is 3.99. The van der Waals surface area contributed by atoms with Gasteiger partial charge in [0.15, 0.2) is 6.10 Å². The van der Waals surface area contributed by atoms with E-state index in [1.807, 2.05) is 0 Å². The van der Waals surface area contributed by atoms with Crippen molar-refractivity contribution in [3.8, 4) is 0 Å². The second kappa shape index (κ2) is 5.04. The lowest BCUT2D eigenvalue weighted by molar-refractivity contribution is -0.150. The van der Waals surface area contributed by atoms with Gasteiger partial charge in [-0.2, -0.15) is 4.39 Å². The summed E-state index contributed by atoms with van der Waals surface area (Å²) in [6, 6.07) is 1.30. The fourth-order valence-corrected chi connectivity index (χ4v) is 1.22. The third kappa shape index (κ3) is 3.14. The Labute approximate surface area is 90.6 Å². The molecule has 1 aromatic heterocycles. The van der Waals surface area contributed by atoms with Gasteiger partial charge >= 0.3 is 5.97 Å². The number of rotatable bonds is 3. The van der Waals surface area contributed by atoms with E-state index in [1.165, 1.54) is 6.07 Å². The maximum atomic E-state index is 13.1. The van der Waals surface area contributed by atoms with Gasteiger partial charge in [-0.3, -0.25) is 0 Å². The number of carbonyl (C=O) groups excluding carboxylic acids is 1. The van der Waals surface area contributed by atoms with Crippen molar-refractivity contribution in [2.45, 2.75) is 12.5 Å². The van der Waals surface area contributed by atoms with Gasteiger partial charge in [0.25, 0.3) is 0 Å². The largest absolute Gasteiger partial charge is 0.467 e. The molecule has 1 aromatic rings. The Morgan fingerprint density at radius 3 is 3.07 bits per heavy atom. The Morgan fingerprint density at radius 1 is 1.80 bits per heavy atom. The lowest BCUT2D eigenvalue weighted by Crippen LogP contribution is -2.24. The van der Waals surface area contributed by atoms with Crippen molar-refractivity contribution in [2.75, 3.05) is 7.11 Å². The van der Waals surface area contributed by atoms with Crippen LogP contribution in [0.25, 0.3) is 0 Å². The first-order valence-corrected chi connectivity index (χ1v) is 4.48. The van der Waals surface area contributed by atoms with Gasteiger partial charge in [0.1, 0.15) is 0 Å². The third-order valence-electron chi connectivity index (χ3n) is 1.76. The van der Waals surface area contributed by atoms with Crippen LogP contribution in [0.3, 0.4) is 0 Å². The quantitative estimate of drug-likeness (QED) is 0.624. The summed E-state index contributed by atoms with van der Waals surface area (Å²) in [5, 5.41) is 9.51. The molecule has 1 rings (SSSR count). The van der Waals surface area contributed by atoms with Crippen molar-refractivity contribution in [3.05, 3.63) is 28.8 Å². The number of aromatic nitrogens is 1. The molecule has 1 unspecified atom stereocenters. The van der Waals surface area contributed by atoms with E-state index in [4.69, 9.17) is 11.6 Å². The zero-order valence-corrected chi connectivity index (χ0v) is 8.66. The molecule has 4 nitrogen and oxygen atoms in total. The molecule has 0 aliphatic heterocycles. The third-order valence-corrected chi connectivity index (χ3v) is 1.97. The number of ether oxygens (including phenoxy) is 1. The SMILES string of the molecule is COC(=O)C(O)Cc1cc(Cl)cnc1F. The van der Waals surface area contributed by atoms with Crippen molar-refractivity contribution < 1.29 is 19.0 Å². The lowest BCUT2D eigenvalue weighted by atomic mass is 10.1. The molecule has 0 saturated carbocycles. The standard InChI is InChI=1S/C9H9ClFNO3/c1-15-9(14)7(13)3-5-2-6(10)4-12-8(5)11/h2,4,7,13H,3H2,1H3. The van der Waals surface area contributed by atoms with Crippen LogP contribution >= 0.6 is 11.6 Å². The lowest BCUT2D eigenvalue weighted by Gasteiger charge is -2.08. The molecule has 1 N–H and O–H groups in total. The van der Waals surface area contributed by atoms with Crippen LogP contribution in [-0.4, -0.2) is 29.3 Å². The van der Waals surface area contributed by atoms with Gasteiger partial charge in [0.2, 0.25) is 5.95 Å². The molecule has 0 radical (unpaired) electrons. The molecule has 0 aromatic carbocycles. The Hall–Kier alpha value is -1.20. The van der Waals surface area contributed by atoms with Gasteiger partial charge in [0.05, 0.1) is 12.1 Å². The smallest absolute Gasteiger partial charge is 0.335 e. The first kappa shape index (κ1) is 11.9. The monoisotopic (exact) mass is 233 g/mol. The van der Waals surface area contributed by atoms with E-state index >= 15 is 0 Å². The number of carbonyl (C=O) groups is 1. The molecule has 6 heteroatoms. The Morgan fingerprint density at radius 2 is 2.47 bits per heavy atom. The summed E-state index contributed by atoms with van der Waals surface area (Å²) < 4.78 is 17.4. The van der Waals surface area contributed by atoms with E-state index in [0.29, 0.717) is 0 Å². The van der Waals surface area contributed by atoms with Crippen molar-refractivity contribution >= 4 is 17.6 Å². The maximum absolute atomic E-state index is 13.1. The summed E-state index contributed by atoms with van der Waals surface area (Å²) in [7, 11) is 1.14. The van der Waals surface area contributed by atoms with Crippen LogP contribution in [0.2, 0.25) is 5.02 Å². The summed E-state index contributed by atoms with van der Waals surface area (Å²) in [5.74, 6) is -1.59. The highest BCUT2D eigenvalue weighted by Gasteiger charge is 2.18. The summed E-state index contributed by atoms with van der Waals surface area (Å²) in [6.45, 7) is 0. The molecule has 0 aliphatic rings. The van der Waals surface area contributed by atoms with Crippen LogP contribution in [0, 0.1) is 5.95 Å². The minimum atomic E-state index is -1.41. The highest BCUT2D eigenvalue weighted by Crippen LogP contribution is 2.14. The molecule has 15 heavy (non-hydrogen) atoms. The molecule has 1 atom stereocenters. The molecule has 0 aliphatic carbocycles. The predicted molar refractivity (Wildman–Crippen MR) is 50.9 cm³/mol. The van der Waals surface area contributed by atoms with Gasteiger partial charge in [-0.05, 0) is 6.07 Å². The van der Waals surface area contributed by atoms with Gasteiger partial charge in [0, 0.05) is 18.2 Å². The molecule has 0 bridgehead atoms. The topological polar surface area (TPSA) is 59.4 Å². The van der Waals surface area contributed by atoms with E-state index in [1.54, 1.807) is 0 Å². The van der Waals surface area contributed by atoms with Gasteiger partial charge in [-0.25, -0.2) is 9.78 Å². The molecule has 0 spiro atoms. The van der Waals surface area contributed by atoms with Crippen LogP contribution in [-0.2, 0) is 16.0 Å². The summed E-state index contributed by atoms with van der Waals surface area (Å²) >= 11 is 5.59. The van der Waals surface area contributed by atoms with Crippen molar-refractivity contribution in [3.63, 3.8) is 0 Å². The minimum Gasteiger partial charge on any atom is -0.467 e. The number of hydrogen-bond donors (Lipinski definition) is 1. The van der Waals surface area contributed by atoms with Gasteiger partial charge in [-0.1, -0.05) is 11.6 Å². The van der Waals surface area contributed by atoms with E-state index in [0.717, 1.165) is 13.3 Å². The molecule has 0 fully saturated rings. The molecular formula is C9H9ClFNO3. The van der Waals surface area contributed by atoms with Crippen LogP contribution in [0.15, 0.2) is 12.3 Å². The summed E-state index contributed by atoms with van der Waals surface area (Å²) in [5.41, 5.74) is 0.0698. The minimum absolute atomic E-state index is 0.0698. The maximum Gasteiger partial charge on any atom is 0.335 e. The first-order chi connectivity index (χ1) is 7.04. The normalized spacial score (nSPS) is 12.3. The van der Waals surface area contributed by atoms with Crippen molar-refractivity contribution in [2.24, 2.45) is 0 Å². The van der Waals surface area contributed by atoms with E-state index in [2.05, 4.69) is 9.72 Å². The number of hydrogen-bond acceptors (Lipinski definition) is 4. The van der Waals surface area contributed by atoms with Crippen molar-refractivity contribution in [1.82, 2.24) is 4.98 Å². The number of aliphatic hydroxyl groups excluding tert-OH is 1. The average Bonchev–Trinajstić information content (AvgIpc) is 2.22. The van der Waals surface area contributed by atoms with E-state index < -0.39 is 18.0 Å². The fraction of sp³-hybridized carbons (Fsp3) is 0.333. The van der Waals surface area contributed by atoms with Crippen LogP contribution in [0.5, 0.6) is 0 Å². The molecule has 0 amide bonds. The number of methoxy groups -OCH3 is 1. The molecule has 82 valence electrons. The van der Waals surface area contributed by atoms with Gasteiger partial charge in [-0.15, -0.1) is 0 Å².